The number of rotatable bonds is 1. The van der Waals surface area contributed by atoms with E-state index in [0.29, 0.717) is 5.69 Å². The number of phenolic OH excluding ortho intramolecular Hbond substituents is 1. The normalized spacial score (nSPS) is 19.8. The molecule has 1 aliphatic carbocycles. The average Bonchev–Trinajstić information content (AvgIpc) is 2.52. The lowest BCUT2D eigenvalue weighted by molar-refractivity contribution is 0.0452. The summed E-state index contributed by atoms with van der Waals surface area (Å²) < 4.78 is 0. The first-order valence-electron chi connectivity index (χ1n) is 4.93. The largest absolute Gasteiger partial charge is 0.508 e. The van der Waals surface area contributed by atoms with Crippen molar-refractivity contribution >= 4 is 5.69 Å². The zero-order valence-corrected chi connectivity index (χ0v) is 8.03. The van der Waals surface area contributed by atoms with Gasteiger partial charge < -0.3 is 15.9 Å². The highest BCUT2D eigenvalue weighted by atomic mass is 16.3. The second-order valence-electron chi connectivity index (χ2n) is 4.01. The molecule has 0 radical (unpaired) electrons. The van der Waals surface area contributed by atoms with Crippen LogP contribution in [0.5, 0.6) is 5.75 Å². The molecule has 0 bridgehead atoms. The van der Waals surface area contributed by atoms with Crippen LogP contribution in [0.15, 0.2) is 18.2 Å². The molecule has 4 N–H and O–H groups in total. The Kier molecular flexibility index (Phi) is 2.11. The molecular weight excluding hydrogens is 178 g/mol. The van der Waals surface area contributed by atoms with E-state index in [1.165, 1.54) is 6.07 Å². The van der Waals surface area contributed by atoms with Gasteiger partial charge in [-0.25, -0.2) is 0 Å². The summed E-state index contributed by atoms with van der Waals surface area (Å²) in [4.78, 5) is 0. The maximum absolute atomic E-state index is 10.3. The zero-order valence-electron chi connectivity index (χ0n) is 8.03. The van der Waals surface area contributed by atoms with Gasteiger partial charge in [0.1, 0.15) is 5.75 Å². The highest BCUT2D eigenvalue weighted by molar-refractivity contribution is 5.53. The molecule has 1 fully saturated rings. The van der Waals surface area contributed by atoms with Crippen LogP contribution in [0.25, 0.3) is 0 Å². The van der Waals surface area contributed by atoms with E-state index in [0.717, 1.165) is 31.2 Å². The number of anilines is 1. The lowest BCUT2D eigenvalue weighted by atomic mass is 9.91. The molecule has 0 atom stereocenters. The van der Waals surface area contributed by atoms with Crippen LogP contribution in [-0.2, 0) is 5.60 Å². The Bertz CT molecular complexity index is 343. The lowest BCUT2D eigenvalue weighted by Gasteiger charge is -2.24. The van der Waals surface area contributed by atoms with Gasteiger partial charge in [0.2, 0.25) is 0 Å². The molecule has 1 aliphatic rings. The molecule has 0 saturated heterocycles. The van der Waals surface area contributed by atoms with Gasteiger partial charge in [0.05, 0.1) is 5.60 Å². The van der Waals surface area contributed by atoms with Crippen molar-refractivity contribution in [2.45, 2.75) is 31.3 Å². The summed E-state index contributed by atoms with van der Waals surface area (Å²) >= 11 is 0. The standard InChI is InChI=1S/C11H15NO2/c12-10-7-8(13)3-4-9(10)11(14)5-1-2-6-11/h3-4,7,13-14H,1-2,5-6,12H2. The van der Waals surface area contributed by atoms with E-state index in [-0.39, 0.29) is 5.75 Å². The van der Waals surface area contributed by atoms with Gasteiger partial charge in [0, 0.05) is 17.3 Å². The molecule has 1 aromatic carbocycles. The molecule has 2 rings (SSSR count). The highest BCUT2D eigenvalue weighted by Crippen LogP contribution is 2.41. The number of benzene rings is 1. The van der Waals surface area contributed by atoms with E-state index < -0.39 is 5.60 Å². The van der Waals surface area contributed by atoms with E-state index in [4.69, 9.17) is 5.73 Å². The predicted molar refractivity (Wildman–Crippen MR) is 54.9 cm³/mol. The first kappa shape index (κ1) is 9.34. The molecule has 0 heterocycles. The molecule has 76 valence electrons. The van der Waals surface area contributed by atoms with Gasteiger partial charge in [-0.05, 0) is 18.9 Å². The van der Waals surface area contributed by atoms with Gasteiger partial charge >= 0.3 is 0 Å². The topological polar surface area (TPSA) is 66.5 Å². The Morgan fingerprint density at radius 2 is 1.86 bits per heavy atom. The number of hydrogen-bond acceptors (Lipinski definition) is 3. The fraction of sp³-hybridized carbons (Fsp3) is 0.455. The van der Waals surface area contributed by atoms with Crippen molar-refractivity contribution in [2.75, 3.05) is 5.73 Å². The molecule has 1 aromatic rings. The van der Waals surface area contributed by atoms with E-state index in [1.807, 2.05) is 0 Å². The van der Waals surface area contributed by atoms with Crippen LogP contribution >= 0.6 is 0 Å². The third-order valence-corrected chi connectivity index (χ3v) is 2.97. The van der Waals surface area contributed by atoms with E-state index in [9.17, 15) is 10.2 Å². The molecule has 3 nitrogen and oxygen atoms in total. The Hall–Kier alpha value is -1.22. The van der Waals surface area contributed by atoms with Gasteiger partial charge in [-0.15, -0.1) is 0 Å². The minimum Gasteiger partial charge on any atom is -0.508 e. The second kappa shape index (κ2) is 3.17. The number of phenols is 1. The van der Waals surface area contributed by atoms with Crippen LogP contribution < -0.4 is 5.73 Å². The molecular formula is C11H15NO2. The van der Waals surface area contributed by atoms with E-state index >= 15 is 0 Å². The van der Waals surface area contributed by atoms with Gasteiger partial charge in [0.25, 0.3) is 0 Å². The second-order valence-corrected chi connectivity index (χ2v) is 4.01. The number of nitrogens with two attached hydrogens (primary N) is 1. The molecule has 0 amide bonds. The quantitative estimate of drug-likeness (QED) is 0.595. The van der Waals surface area contributed by atoms with Crippen LogP contribution in [0, 0.1) is 0 Å². The molecule has 0 aliphatic heterocycles. The maximum atomic E-state index is 10.3. The van der Waals surface area contributed by atoms with Crippen LogP contribution in [-0.4, -0.2) is 10.2 Å². The molecule has 14 heavy (non-hydrogen) atoms. The van der Waals surface area contributed by atoms with Crippen molar-refractivity contribution in [2.24, 2.45) is 0 Å². The van der Waals surface area contributed by atoms with Gasteiger partial charge in [-0.2, -0.15) is 0 Å². The molecule has 0 unspecified atom stereocenters. The molecule has 3 heteroatoms. The van der Waals surface area contributed by atoms with Crippen LogP contribution in [0.3, 0.4) is 0 Å². The van der Waals surface area contributed by atoms with Crippen molar-refractivity contribution < 1.29 is 10.2 Å². The summed E-state index contributed by atoms with van der Waals surface area (Å²) in [5, 5.41) is 19.5. The van der Waals surface area contributed by atoms with Gasteiger partial charge in [0.15, 0.2) is 0 Å². The fourth-order valence-electron chi connectivity index (χ4n) is 2.20. The first-order chi connectivity index (χ1) is 6.62. The molecule has 0 aromatic heterocycles. The Labute approximate surface area is 83.2 Å². The number of aromatic hydroxyl groups is 1. The Morgan fingerprint density at radius 3 is 2.43 bits per heavy atom. The number of nitrogen functional groups attached to an aromatic ring is 1. The monoisotopic (exact) mass is 193 g/mol. The number of aliphatic hydroxyl groups is 1. The van der Waals surface area contributed by atoms with Crippen LogP contribution in [0.4, 0.5) is 5.69 Å². The zero-order chi connectivity index (χ0) is 10.2. The SMILES string of the molecule is Nc1cc(O)ccc1C1(O)CCCC1. The third-order valence-electron chi connectivity index (χ3n) is 2.97. The van der Waals surface area contributed by atoms with Crippen molar-refractivity contribution in [1.29, 1.82) is 0 Å². The van der Waals surface area contributed by atoms with Crippen molar-refractivity contribution in [1.82, 2.24) is 0 Å². The summed E-state index contributed by atoms with van der Waals surface area (Å²) in [6.07, 6.45) is 3.61. The van der Waals surface area contributed by atoms with E-state index in [2.05, 4.69) is 0 Å². The Balaban J connectivity index is 2.40. The molecule has 0 spiro atoms. The maximum Gasteiger partial charge on any atom is 0.117 e. The smallest absolute Gasteiger partial charge is 0.117 e. The summed E-state index contributed by atoms with van der Waals surface area (Å²) in [5.41, 5.74) is 6.24. The summed E-state index contributed by atoms with van der Waals surface area (Å²) in [5.74, 6) is 0.146. The van der Waals surface area contributed by atoms with Crippen molar-refractivity contribution in [3.05, 3.63) is 23.8 Å². The lowest BCUT2D eigenvalue weighted by Crippen LogP contribution is -2.22. The first-order valence-corrected chi connectivity index (χ1v) is 4.93. The highest BCUT2D eigenvalue weighted by Gasteiger charge is 2.34. The number of hydrogen-bond donors (Lipinski definition) is 3. The molecule has 1 saturated carbocycles. The van der Waals surface area contributed by atoms with Gasteiger partial charge in [-0.3, -0.25) is 0 Å². The van der Waals surface area contributed by atoms with Crippen LogP contribution in [0.1, 0.15) is 31.2 Å². The van der Waals surface area contributed by atoms with Gasteiger partial charge in [-0.1, -0.05) is 18.9 Å². The Morgan fingerprint density at radius 1 is 1.21 bits per heavy atom. The van der Waals surface area contributed by atoms with Crippen molar-refractivity contribution in [3.8, 4) is 5.75 Å². The summed E-state index contributed by atoms with van der Waals surface area (Å²) in [6, 6.07) is 4.78. The predicted octanol–water partition coefficient (Wildman–Crippen LogP) is 1.74. The van der Waals surface area contributed by atoms with Crippen LogP contribution in [0.2, 0.25) is 0 Å². The minimum atomic E-state index is -0.766. The van der Waals surface area contributed by atoms with Crippen molar-refractivity contribution in [3.63, 3.8) is 0 Å². The summed E-state index contributed by atoms with van der Waals surface area (Å²) in [7, 11) is 0. The fourth-order valence-corrected chi connectivity index (χ4v) is 2.20. The summed E-state index contributed by atoms with van der Waals surface area (Å²) in [6.45, 7) is 0. The minimum absolute atomic E-state index is 0.146. The van der Waals surface area contributed by atoms with E-state index in [1.54, 1.807) is 12.1 Å². The average molecular weight is 193 g/mol. The third kappa shape index (κ3) is 1.44.